The van der Waals surface area contributed by atoms with Crippen LogP contribution in [0.25, 0.3) is 0 Å². The van der Waals surface area contributed by atoms with Crippen molar-refractivity contribution in [1.82, 2.24) is 5.32 Å². The number of benzene rings is 2. The summed E-state index contributed by atoms with van der Waals surface area (Å²) in [6.07, 6.45) is -1.01. The Morgan fingerprint density at radius 1 is 0.893 bits per heavy atom. The van der Waals surface area contributed by atoms with Crippen LogP contribution in [0.2, 0.25) is 0 Å². The average Bonchev–Trinajstić information content (AvgIpc) is 2.63. The standard InChI is InChI=1S/C21H25N3O4/c1-13(2)22-21(27)24-18-8-6-5-7-17(18)20(26)28-15(4)19(25)23-16-11-9-14(3)10-12-16/h5-13,15H,1-4H3,(H,23,25)(H2,22,24,27)/t15-/m1/s1. The summed E-state index contributed by atoms with van der Waals surface area (Å²) in [5, 5.41) is 8.00. The van der Waals surface area contributed by atoms with Gasteiger partial charge in [0, 0.05) is 11.7 Å². The molecule has 0 radical (unpaired) electrons. The first-order valence-electron chi connectivity index (χ1n) is 9.01. The van der Waals surface area contributed by atoms with Gasteiger partial charge in [0.1, 0.15) is 0 Å². The van der Waals surface area contributed by atoms with E-state index in [2.05, 4.69) is 16.0 Å². The summed E-state index contributed by atoms with van der Waals surface area (Å²) in [5.41, 5.74) is 2.15. The fourth-order valence-corrected chi connectivity index (χ4v) is 2.35. The zero-order chi connectivity index (χ0) is 20.7. The van der Waals surface area contributed by atoms with Crippen molar-refractivity contribution in [1.29, 1.82) is 0 Å². The maximum Gasteiger partial charge on any atom is 0.341 e. The third-order valence-corrected chi connectivity index (χ3v) is 3.79. The lowest BCUT2D eigenvalue weighted by molar-refractivity contribution is -0.123. The van der Waals surface area contributed by atoms with Gasteiger partial charge in [-0.3, -0.25) is 4.79 Å². The van der Waals surface area contributed by atoms with E-state index in [4.69, 9.17) is 4.74 Å². The number of para-hydroxylation sites is 1. The minimum atomic E-state index is -1.01. The molecule has 0 saturated carbocycles. The van der Waals surface area contributed by atoms with E-state index in [1.54, 1.807) is 30.3 Å². The molecule has 0 heterocycles. The van der Waals surface area contributed by atoms with E-state index >= 15 is 0 Å². The molecule has 1 atom stereocenters. The van der Waals surface area contributed by atoms with Gasteiger partial charge in [0.2, 0.25) is 0 Å². The van der Waals surface area contributed by atoms with Crippen molar-refractivity contribution in [3.05, 3.63) is 59.7 Å². The number of ether oxygens (including phenoxy) is 1. The lowest BCUT2D eigenvalue weighted by atomic mass is 10.2. The Bertz CT molecular complexity index is 847. The van der Waals surface area contributed by atoms with Gasteiger partial charge in [0.25, 0.3) is 5.91 Å². The lowest BCUT2D eigenvalue weighted by Crippen LogP contribution is -2.35. The van der Waals surface area contributed by atoms with Crippen LogP contribution in [-0.2, 0) is 9.53 Å². The third kappa shape index (κ3) is 6.12. The minimum Gasteiger partial charge on any atom is -0.449 e. The van der Waals surface area contributed by atoms with Crippen LogP contribution in [0.3, 0.4) is 0 Å². The summed E-state index contributed by atoms with van der Waals surface area (Å²) in [5.74, 6) is -1.15. The minimum absolute atomic E-state index is 0.0513. The molecule has 3 amide bonds. The molecule has 7 nitrogen and oxygen atoms in total. The number of amides is 3. The molecule has 3 N–H and O–H groups in total. The highest BCUT2D eigenvalue weighted by Crippen LogP contribution is 2.17. The van der Waals surface area contributed by atoms with Crippen LogP contribution >= 0.6 is 0 Å². The van der Waals surface area contributed by atoms with Crippen molar-refractivity contribution in [3.63, 3.8) is 0 Å². The van der Waals surface area contributed by atoms with Crippen LogP contribution in [0, 0.1) is 6.92 Å². The molecule has 0 bridgehead atoms. The fourth-order valence-electron chi connectivity index (χ4n) is 2.35. The molecular weight excluding hydrogens is 358 g/mol. The Labute approximate surface area is 164 Å². The monoisotopic (exact) mass is 383 g/mol. The molecule has 0 aliphatic rings. The van der Waals surface area contributed by atoms with E-state index in [1.165, 1.54) is 13.0 Å². The predicted molar refractivity (Wildman–Crippen MR) is 108 cm³/mol. The van der Waals surface area contributed by atoms with Crippen molar-refractivity contribution < 1.29 is 19.1 Å². The number of carbonyl (C=O) groups is 3. The molecule has 0 fully saturated rings. The van der Waals surface area contributed by atoms with Gasteiger partial charge in [-0.25, -0.2) is 9.59 Å². The van der Waals surface area contributed by atoms with Gasteiger partial charge >= 0.3 is 12.0 Å². The highest BCUT2D eigenvalue weighted by atomic mass is 16.5. The lowest BCUT2D eigenvalue weighted by Gasteiger charge is -2.16. The second-order valence-electron chi connectivity index (χ2n) is 6.70. The number of rotatable bonds is 6. The number of anilines is 2. The molecule has 0 saturated heterocycles. The van der Waals surface area contributed by atoms with Gasteiger partial charge in [-0.2, -0.15) is 0 Å². The van der Waals surface area contributed by atoms with Crippen molar-refractivity contribution in [2.45, 2.75) is 39.8 Å². The smallest absolute Gasteiger partial charge is 0.341 e. The van der Waals surface area contributed by atoms with Gasteiger partial charge in [-0.15, -0.1) is 0 Å². The number of esters is 1. The van der Waals surface area contributed by atoms with E-state index in [-0.39, 0.29) is 11.6 Å². The zero-order valence-electron chi connectivity index (χ0n) is 16.4. The largest absolute Gasteiger partial charge is 0.449 e. The van der Waals surface area contributed by atoms with Crippen LogP contribution in [0.5, 0.6) is 0 Å². The van der Waals surface area contributed by atoms with E-state index in [0.717, 1.165) is 5.56 Å². The number of aryl methyl sites for hydroxylation is 1. The van der Waals surface area contributed by atoms with E-state index in [9.17, 15) is 14.4 Å². The first-order valence-corrected chi connectivity index (χ1v) is 9.01. The normalized spacial score (nSPS) is 11.5. The zero-order valence-corrected chi connectivity index (χ0v) is 16.4. The van der Waals surface area contributed by atoms with Crippen LogP contribution in [0.4, 0.5) is 16.2 Å². The molecule has 28 heavy (non-hydrogen) atoms. The Morgan fingerprint density at radius 2 is 1.54 bits per heavy atom. The quantitative estimate of drug-likeness (QED) is 0.663. The van der Waals surface area contributed by atoms with Gasteiger partial charge < -0.3 is 20.7 Å². The first kappa shape index (κ1) is 21.0. The summed E-state index contributed by atoms with van der Waals surface area (Å²) >= 11 is 0. The number of urea groups is 1. The second-order valence-corrected chi connectivity index (χ2v) is 6.70. The molecule has 0 unspecified atom stereocenters. The van der Waals surface area contributed by atoms with E-state index in [1.807, 2.05) is 32.9 Å². The molecule has 0 spiro atoms. The first-order chi connectivity index (χ1) is 13.3. The van der Waals surface area contributed by atoms with Crippen molar-refractivity contribution in [2.75, 3.05) is 10.6 Å². The third-order valence-electron chi connectivity index (χ3n) is 3.79. The summed E-state index contributed by atoms with van der Waals surface area (Å²) in [4.78, 5) is 36.7. The molecule has 2 aromatic carbocycles. The molecular formula is C21H25N3O4. The maximum absolute atomic E-state index is 12.5. The maximum atomic E-state index is 12.5. The Balaban J connectivity index is 2.02. The Morgan fingerprint density at radius 3 is 2.18 bits per heavy atom. The van der Waals surface area contributed by atoms with Crippen LogP contribution < -0.4 is 16.0 Å². The number of hydrogen-bond donors (Lipinski definition) is 3. The van der Waals surface area contributed by atoms with Gasteiger partial charge in [-0.05, 0) is 52.0 Å². The number of carbonyl (C=O) groups excluding carboxylic acids is 3. The Kier molecular flexibility index (Phi) is 7.14. The molecule has 0 aromatic heterocycles. The second kappa shape index (κ2) is 9.55. The molecule has 2 rings (SSSR count). The van der Waals surface area contributed by atoms with Crippen molar-refractivity contribution >= 4 is 29.3 Å². The van der Waals surface area contributed by atoms with Gasteiger partial charge in [-0.1, -0.05) is 29.8 Å². The highest BCUT2D eigenvalue weighted by molar-refractivity contribution is 6.02. The summed E-state index contributed by atoms with van der Waals surface area (Å²) in [6, 6.07) is 13.3. The molecule has 2 aromatic rings. The number of hydrogen-bond acceptors (Lipinski definition) is 4. The molecule has 0 aliphatic heterocycles. The Hall–Kier alpha value is -3.35. The topological polar surface area (TPSA) is 96.5 Å². The summed E-state index contributed by atoms with van der Waals surface area (Å²) in [7, 11) is 0. The average molecular weight is 383 g/mol. The van der Waals surface area contributed by atoms with Crippen molar-refractivity contribution in [3.8, 4) is 0 Å². The van der Waals surface area contributed by atoms with E-state index in [0.29, 0.717) is 11.4 Å². The van der Waals surface area contributed by atoms with E-state index < -0.39 is 24.0 Å². The molecule has 7 heteroatoms. The van der Waals surface area contributed by atoms with Crippen molar-refractivity contribution in [2.24, 2.45) is 0 Å². The predicted octanol–water partition coefficient (Wildman–Crippen LogP) is 3.71. The summed E-state index contributed by atoms with van der Waals surface area (Å²) in [6.45, 7) is 7.09. The highest BCUT2D eigenvalue weighted by Gasteiger charge is 2.21. The van der Waals surface area contributed by atoms with Crippen LogP contribution in [0.15, 0.2) is 48.5 Å². The summed E-state index contributed by atoms with van der Waals surface area (Å²) < 4.78 is 5.27. The number of nitrogens with one attached hydrogen (secondary N) is 3. The van der Waals surface area contributed by atoms with Crippen LogP contribution in [-0.4, -0.2) is 30.1 Å². The van der Waals surface area contributed by atoms with Crippen LogP contribution in [0.1, 0.15) is 36.7 Å². The molecule has 0 aliphatic carbocycles. The van der Waals surface area contributed by atoms with Gasteiger partial charge in [0.05, 0.1) is 11.3 Å². The molecule has 148 valence electrons. The van der Waals surface area contributed by atoms with Gasteiger partial charge in [0.15, 0.2) is 6.10 Å². The SMILES string of the molecule is Cc1ccc(NC(=O)[C@@H](C)OC(=O)c2ccccc2NC(=O)NC(C)C)cc1. The fraction of sp³-hybridized carbons (Fsp3) is 0.286.